The van der Waals surface area contributed by atoms with Crippen molar-refractivity contribution in [3.63, 3.8) is 0 Å². The van der Waals surface area contributed by atoms with E-state index in [-0.39, 0.29) is 23.3 Å². The minimum Gasteiger partial charge on any atom is -0.379 e. The summed E-state index contributed by atoms with van der Waals surface area (Å²) in [5.41, 5.74) is -0.423. The SMILES string of the molecule is CCC(COCCC(=O)C1CCCC1)NC(=O)CC(C)(C)OCC(C)(C)C. The Balaban J connectivity index is 2.26. The molecule has 0 saturated heterocycles. The van der Waals surface area contributed by atoms with Gasteiger partial charge in [-0.1, -0.05) is 40.5 Å². The third-order valence-corrected chi connectivity index (χ3v) is 4.96. The lowest BCUT2D eigenvalue weighted by molar-refractivity contribution is -0.131. The van der Waals surface area contributed by atoms with E-state index in [1.807, 2.05) is 20.8 Å². The van der Waals surface area contributed by atoms with E-state index in [4.69, 9.17) is 9.47 Å². The molecule has 1 aliphatic carbocycles. The van der Waals surface area contributed by atoms with E-state index >= 15 is 0 Å². The first kappa shape index (κ1) is 24.1. The average molecular weight is 384 g/mol. The van der Waals surface area contributed by atoms with Crippen LogP contribution in [0.2, 0.25) is 0 Å². The predicted molar refractivity (Wildman–Crippen MR) is 109 cm³/mol. The second-order valence-corrected chi connectivity index (χ2v) is 9.73. The molecule has 0 aliphatic heterocycles. The number of amides is 1. The molecule has 5 heteroatoms. The topological polar surface area (TPSA) is 64.6 Å². The normalized spacial score (nSPS) is 17.1. The van der Waals surface area contributed by atoms with Crippen molar-refractivity contribution >= 4 is 11.7 Å². The van der Waals surface area contributed by atoms with Crippen LogP contribution >= 0.6 is 0 Å². The van der Waals surface area contributed by atoms with Crippen LogP contribution < -0.4 is 5.32 Å². The number of hydrogen-bond acceptors (Lipinski definition) is 4. The number of hydrogen-bond donors (Lipinski definition) is 1. The van der Waals surface area contributed by atoms with Crippen LogP contribution in [0.4, 0.5) is 0 Å². The first-order chi connectivity index (χ1) is 12.5. The molecule has 1 amide bonds. The Labute approximate surface area is 165 Å². The number of ether oxygens (including phenoxy) is 2. The number of rotatable bonds is 12. The molecule has 0 spiro atoms. The monoisotopic (exact) mass is 383 g/mol. The average Bonchev–Trinajstić information content (AvgIpc) is 3.09. The summed E-state index contributed by atoms with van der Waals surface area (Å²) < 4.78 is 11.6. The Bertz CT molecular complexity index is 461. The Kier molecular flexibility index (Phi) is 9.96. The summed E-state index contributed by atoms with van der Waals surface area (Å²) in [6, 6.07) is -0.0301. The van der Waals surface area contributed by atoms with Crippen LogP contribution in [0, 0.1) is 11.3 Å². The van der Waals surface area contributed by atoms with Gasteiger partial charge in [-0.25, -0.2) is 0 Å². The van der Waals surface area contributed by atoms with Crippen LogP contribution in [0.15, 0.2) is 0 Å². The summed E-state index contributed by atoms with van der Waals surface area (Å²) in [4.78, 5) is 24.4. The van der Waals surface area contributed by atoms with Gasteiger partial charge in [-0.05, 0) is 38.5 Å². The van der Waals surface area contributed by atoms with E-state index in [0.717, 1.165) is 19.3 Å². The zero-order chi connectivity index (χ0) is 20.5. The molecule has 1 rings (SSSR count). The molecule has 0 aromatic carbocycles. The van der Waals surface area contributed by atoms with Gasteiger partial charge in [0.2, 0.25) is 5.91 Å². The van der Waals surface area contributed by atoms with Crippen LogP contribution in [-0.2, 0) is 19.1 Å². The Morgan fingerprint density at radius 1 is 1.11 bits per heavy atom. The lowest BCUT2D eigenvalue weighted by Gasteiger charge is -2.30. The van der Waals surface area contributed by atoms with E-state index < -0.39 is 5.60 Å². The molecule has 27 heavy (non-hydrogen) atoms. The van der Waals surface area contributed by atoms with Gasteiger partial charge in [-0.2, -0.15) is 0 Å². The zero-order valence-corrected chi connectivity index (χ0v) is 18.4. The lowest BCUT2D eigenvalue weighted by Crippen LogP contribution is -2.42. The molecule has 1 unspecified atom stereocenters. The molecule has 5 nitrogen and oxygen atoms in total. The molecule has 1 saturated carbocycles. The third-order valence-electron chi connectivity index (χ3n) is 4.96. The molecule has 1 aliphatic rings. The van der Waals surface area contributed by atoms with Crippen LogP contribution in [0.25, 0.3) is 0 Å². The van der Waals surface area contributed by atoms with Crippen molar-refractivity contribution in [3.05, 3.63) is 0 Å². The van der Waals surface area contributed by atoms with Gasteiger partial charge in [0.15, 0.2) is 0 Å². The fourth-order valence-corrected chi connectivity index (χ4v) is 3.24. The molecule has 1 N–H and O–H groups in total. The highest BCUT2D eigenvalue weighted by molar-refractivity contribution is 5.81. The van der Waals surface area contributed by atoms with Crippen molar-refractivity contribution in [1.29, 1.82) is 0 Å². The summed E-state index contributed by atoms with van der Waals surface area (Å²) in [6.07, 6.45) is 6.04. The molecule has 0 radical (unpaired) electrons. The molecule has 158 valence electrons. The van der Waals surface area contributed by atoms with Crippen molar-refractivity contribution in [2.45, 2.75) is 98.1 Å². The van der Waals surface area contributed by atoms with Gasteiger partial charge >= 0.3 is 0 Å². The number of Topliss-reactive ketones (excluding diaryl/α,β-unsaturated/α-hetero) is 1. The van der Waals surface area contributed by atoms with E-state index in [9.17, 15) is 9.59 Å². The number of ketones is 1. The van der Waals surface area contributed by atoms with Crippen molar-refractivity contribution < 1.29 is 19.1 Å². The van der Waals surface area contributed by atoms with Gasteiger partial charge in [-0.3, -0.25) is 9.59 Å². The van der Waals surface area contributed by atoms with Gasteiger partial charge in [0.25, 0.3) is 0 Å². The first-order valence-corrected chi connectivity index (χ1v) is 10.6. The van der Waals surface area contributed by atoms with Crippen molar-refractivity contribution in [2.24, 2.45) is 11.3 Å². The molecule has 0 aromatic heterocycles. The van der Waals surface area contributed by atoms with Crippen LogP contribution in [0.5, 0.6) is 0 Å². The van der Waals surface area contributed by atoms with E-state index in [1.165, 1.54) is 12.8 Å². The summed E-state index contributed by atoms with van der Waals surface area (Å²) in [5.74, 6) is 0.569. The minimum atomic E-state index is -0.496. The smallest absolute Gasteiger partial charge is 0.223 e. The van der Waals surface area contributed by atoms with E-state index in [2.05, 4.69) is 26.1 Å². The maximum Gasteiger partial charge on any atom is 0.223 e. The van der Waals surface area contributed by atoms with Crippen molar-refractivity contribution in [3.8, 4) is 0 Å². The quantitative estimate of drug-likeness (QED) is 0.511. The summed E-state index contributed by atoms with van der Waals surface area (Å²) in [6.45, 7) is 13.8. The molecule has 0 aromatic rings. The maximum atomic E-state index is 12.4. The Hall–Kier alpha value is -0.940. The van der Waals surface area contributed by atoms with Crippen LogP contribution in [-0.4, -0.2) is 43.2 Å². The largest absolute Gasteiger partial charge is 0.379 e. The summed E-state index contributed by atoms with van der Waals surface area (Å²) in [5, 5.41) is 3.03. The van der Waals surface area contributed by atoms with Gasteiger partial charge < -0.3 is 14.8 Å². The molecule has 0 bridgehead atoms. The van der Waals surface area contributed by atoms with Gasteiger partial charge in [0, 0.05) is 12.3 Å². The molecular weight excluding hydrogens is 342 g/mol. The molecule has 0 heterocycles. The molecule has 1 atom stereocenters. The van der Waals surface area contributed by atoms with Crippen molar-refractivity contribution in [2.75, 3.05) is 19.8 Å². The van der Waals surface area contributed by atoms with E-state index in [1.54, 1.807) is 0 Å². The number of carbonyl (C=O) groups excluding carboxylic acids is 2. The number of carbonyl (C=O) groups is 2. The highest BCUT2D eigenvalue weighted by atomic mass is 16.5. The van der Waals surface area contributed by atoms with Gasteiger partial charge in [0.05, 0.1) is 37.9 Å². The third kappa shape index (κ3) is 10.8. The standard InChI is InChI=1S/C22H41NO4/c1-7-18(15-26-13-12-19(24)17-10-8-9-11-17)23-20(25)14-22(5,6)27-16-21(2,3)4/h17-18H,7-16H2,1-6H3,(H,23,25). The van der Waals surface area contributed by atoms with E-state index in [0.29, 0.717) is 38.4 Å². The second kappa shape index (κ2) is 11.2. The van der Waals surface area contributed by atoms with Crippen LogP contribution in [0.1, 0.15) is 86.5 Å². The molecule has 1 fully saturated rings. The number of nitrogens with one attached hydrogen (secondary N) is 1. The summed E-state index contributed by atoms with van der Waals surface area (Å²) >= 11 is 0. The molecular formula is C22H41NO4. The Morgan fingerprint density at radius 2 is 1.74 bits per heavy atom. The van der Waals surface area contributed by atoms with Gasteiger partial charge in [0.1, 0.15) is 5.78 Å². The zero-order valence-electron chi connectivity index (χ0n) is 18.4. The Morgan fingerprint density at radius 3 is 2.30 bits per heavy atom. The van der Waals surface area contributed by atoms with Crippen molar-refractivity contribution in [1.82, 2.24) is 5.32 Å². The highest BCUT2D eigenvalue weighted by Gasteiger charge is 2.26. The lowest BCUT2D eigenvalue weighted by atomic mass is 9.97. The second-order valence-electron chi connectivity index (χ2n) is 9.73. The fourth-order valence-electron chi connectivity index (χ4n) is 3.24. The fraction of sp³-hybridized carbons (Fsp3) is 0.909. The first-order valence-electron chi connectivity index (χ1n) is 10.6. The predicted octanol–water partition coefficient (Wildman–Crippen LogP) is 4.28. The van der Waals surface area contributed by atoms with Crippen LogP contribution in [0.3, 0.4) is 0 Å². The maximum absolute atomic E-state index is 12.4. The highest BCUT2D eigenvalue weighted by Crippen LogP contribution is 2.26. The summed E-state index contributed by atoms with van der Waals surface area (Å²) in [7, 11) is 0. The minimum absolute atomic E-state index is 0.0219. The van der Waals surface area contributed by atoms with Gasteiger partial charge in [-0.15, -0.1) is 0 Å².